The first-order valence-corrected chi connectivity index (χ1v) is 7.83. The Labute approximate surface area is 108 Å². The number of amidine groups is 1. The summed E-state index contributed by atoms with van der Waals surface area (Å²) in [5.41, 5.74) is 0. The van der Waals surface area contributed by atoms with Gasteiger partial charge in [0, 0.05) is 18.9 Å². The Kier molecular flexibility index (Phi) is 3.61. The molecule has 1 N–H and O–H groups in total. The molecule has 4 heteroatoms. The number of hydrogen-bond donors (Lipinski definition) is 1. The number of nitrogens with one attached hydrogen (secondary N) is 1. The van der Waals surface area contributed by atoms with E-state index >= 15 is 0 Å². The molecule has 0 saturated heterocycles. The van der Waals surface area contributed by atoms with E-state index in [0.717, 1.165) is 18.8 Å². The van der Waals surface area contributed by atoms with E-state index in [1.807, 2.05) is 11.8 Å². The maximum absolute atomic E-state index is 5.30. The van der Waals surface area contributed by atoms with Gasteiger partial charge in [-0.3, -0.25) is 4.99 Å². The van der Waals surface area contributed by atoms with Crippen LogP contribution in [0.5, 0.6) is 0 Å². The second kappa shape index (κ2) is 5.19. The molecule has 1 aliphatic heterocycles. The van der Waals surface area contributed by atoms with Crippen molar-refractivity contribution < 1.29 is 4.74 Å². The van der Waals surface area contributed by atoms with E-state index in [-0.39, 0.29) is 0 Å². The van der Waals surface area contributed by atoms with Crippen LogP contribution in [0.25, 0.3) is 0 Å². The Bertz CT molecular complexity index is 302. The number of fused-ring (bicyclic) bond motifs is 1. The maximum atomic E-state index is 5.30. The zero-order valence-electron chi connectivity index (χ0n) is 10.5. The van der Waals surface area contributed by atoms with Gasteiger partial charge in [0.2, 0.25) is 0 Å². The van der Waals surface area contributed by atoms with Gasteiger partial charge in [-0.25, -0.2) is 0 Å². The van der Waals surface area contributed by atoms with Crippen LogP contribution in [0.4, 0.5) is 0 Å². The van der Waals surface area contributed by atoms with Crippen LogP contribution in [0, 0.1) is 5.92 Å². The van der Waals surface area contributed by atoms with Gasteiger partial charge in [0.1, 0.15) is 0 Å². The van der Waals surface area contributed by atoms with E-state index < -0.39 is 0 Å². The third kappa shape index (κ3) is 2.63. The quantitative estimate of drug-likeness (QED) is 0.821. The summed E-state index contributed by atoms with van der Waals surface area (Å²) >= 11 is 1.93. The van der Waals surface area contributed by atoms with E-state index in [4.69, 9.17) is 9.73 Å². The summed E-state index contributed by atoms with van der Waals surface area (Å²) in [5.74, 6) is 2.13. The summed E-state index contributed by atoms with van der Waals surface area (Å²) in [6.45, 7) is 0. The molecule has 0 spiro atoms. The number of methoxy groups -OCH3 is 1. The van der Waals surface area contributed by atoms with Crippen LogP contribution in [-0.4, -0.2) is 36.2 Å². The summed E-state index contributed by atoms with van der Waals surface area (Å²) in [7, 11) is 1.81. The molecule has 96 valence electrons. The smallest absolute Gasteiger partial charge is 0.157 e. The van der Waals surface area contributed by atoms with E-state index in [1.54, 1.807) is 7.11 Å². The first kappa shape index (κ1) is 11.8. The zero-order chi connectivity index (χ0) is 11.7. The van der Waals surface area contributed by atoms with Gasteiger partial charge in [-0.15, -0.1) is 0 Å². The Morgan fingerprint density at radius 3 is 2.94 bits per heavy atom. The number of hydrogen-bond acceptors (Lipinski definition) is 4. The van der Waals surface area contributed by atoms with Crippen LogP contribution in [0.3, 0.4) is 0 Å². The van der Waals surface area contributed by atoms with E-state index in [0.29, 0.717) is 18.2 Å². The van der Waals surface area contributed by atoms with Crippen LogP contribution in [0.1, 0.15) is 38.5 Å². The van der Waals surface area contributed by atoms with Gasteiger partial charge in [-0.05, 0) is 31.6 Å². The van der Waals surface area contributed by atoms with Crippen molar-refractivity contribution in [3.8, 4) is 0 Å². The van der Waals surface area contributed by atoms with E-state index in [2.05, 4.69) is 5.32 Å². The third-order valence-corrected chi connectivity index (χ3v) is 5.43. The second-order valence-corrected chi connectivity index (χ2v) is 6.54. The molecule has 0 bridgehead atoms. The molecule has 2 unspecified atom stereocenters. The standard InChI is InChI=1S/C13H22N2OS/c1-16-11-6-10(7-11)14-13-15-12-5-3-2-4-9(12)8-17-13/h9-12H,2-8H2,1H3,(H,14,15). The molecular formula is C13H22N2OS. The monoisotopic (exact) mass is 254 g/mol. The number of aliphatic imine (C=N–C) groups is 1. The highest BCUT2D eigenvalue weighted by atomic mass is 32.2. The van der Waals surface area contributed by atoms with Crippen molar-refractivity contribution in [1.29, 1.82) is 0 Å². The van der Waals surface area contributed by atoms with Crippen molar-refractivity contribution in [2.45, 2.75) is 56.7 Å². The van der Waals surface area contributed by atoms with Crippen LogP contribution in [-0.2, 0) is 4.74 Å². The molecule has 0 aromatic rings. The van der Waals surface area contributed by atoms with E-state index in [1.165, 1.54) is 36.6 Å². The molecule has 1 heterocycles. The summed E-state index contributed by atoms with van der Waals surface area (Å²) in [6, 6.07) is 1.22. The lowest BCUT2D eigenvalue weighted by molar-refractivity contribution is 0.0228. The van der Waals surface area contributed by atoms with Crippen molar-refractivity contribution >= 4 is 16.9 Å². The Balaban J connectivity index is 1.52. The number of rotatable bonds is 2. The Morgan fingerprint density at radius 1 is 1.29 bits per heavy atom. The van der Waals surface area contributed by atoms with Crippen molar-refractivity contribution in [2.24, 2.45) is 10.9 Å². The first-order valence-electron chi connectivity index (χ1n) is 6.85. The van der Waals surface area contributed by atoms with Crippen molar-refractivity contribution in [3.05, 3.63) is 0 Å². The molecule has 0 aromatic carbocycles. The molecule has 2 atom stereocenters. The minimum absolute atomic E-state index is 0.476. The van der Waals surface area contributed by atoms with Gasteiger partial charge in [-0.1, -0.05) is 24.6 Å². The van der Waals surface area contributed by atoms with Crippen LogP contribution >= 0.6 is 11.8 Å². The largest absolute Gasteiger partial charge is 0.381 e. The molecule has 2 aliphatic carbocycles. The van der Waals surface area contributed by atoms with E-state index in [9.17, 15) is 0 Å². The molecular weight excluding hydrogens is 232 g/mol. The lowest BCUT2D eigenvalue weighted by atomic mass is 9.86. The highest BCUT2D eigenvalue weighted by Gasteiger charge is 2.33. The molecule has 3 nitrogen and oxygen atoms in total. The molecule has 2 saturated carbocycles. The lowest BCUT2D eigenvalue weighted by Gasteiger charge is -2.38. The molecule has 0 amide bonds. The predicted octanol–water partition coefficient (Wildman–Crippen LogP) is 2.42. The average molecular weight is 254 g/mol. The fourth-order valence-corrected chi connectivity index (χ4v) is 4.28. The number of nitrogens with zero attached hydrogens (tertiary/aromatic N) is 1. The maximum Gasteiger partial charge on any atom is 0.157 e. The summed E-state index contributed by atoms with van der Waals surface area (Å²) in [6.07, 6.45) is 8.25. The molecule has 2 fully saturated rings. The lowest BCUT2D eigenvalue weighted by Crippen LogP contribution is -2.48. The van der Waals surface area contributed by atoms with Crippen LogP contribution < -0.4 is 5.32 Å². The van der Waals surface area contributed by atoms with Crippen molar-refractivity contribution in [1.82, 2.24) is 5.32 Å². The van der Waals surface area contributed by atoms with Gasteiger partial charge in [0.25, 0.3) is 0 Å². The summed E-state index contributed by atoms with van der Waals surface area (Å²) in [4.78, 5) is 4.90. The Hall–Kier alpha value is -0.220. The van der Waals surface area contributed by atoms with Crippen molar-refractivity contribution in [3.63, 3.8) is 0 Å². The first-order chi connectivity index (χ1) is 8.35. The zero-order valence-corrected chi connectivity index (χ0v) is 11.3. The van der Waals surface area contributed by atoms with Gasteiger partial charge < -0.3 is 10.1 Å². The Morgan fingerprint density at radius 2 is 2.12 bits per heavy atom. The summed E-state index contributed by atoms with van der Waals surface area (Å²) < 4.78 is 5.30. The molecule has 0 aromatic heterocycles. The minimum atomic E-state index is 0.476. The molecule has 0 radical (unpaired) electrons. The summed E-state index contributed by atoms with van der Waals surface area (Å²) in [5, 5.41) is 4.79. The highest BCUT2D eigenvalue weighted by molar-refractivity contribution is 8.13. The van der Waals surface area contributed by atoms with Crippen LogP contribution in [0.2, 0.25) is 0 Å². The van der Waals surface area contributed by atoms with Gasteiger partial charge in [-0.2, -0.15) is 0 Å². The van der Waals surface area contributed by atoms with Crippen molar-refractivity contribution in [2.75, 3.05) is 12.9 Å². The predicted molar refractivity (Wildman–Crippen MR) is 72.6 cm³/mol. The highest BCUT2D eigenvalue weighted by Crippen LogP contribution is 2.34. The fraction of sp³-hybridized carbons (Fsp3) is 0.923. The number of ether oxygens (including phenoxy) is 1. The van der Waals surface area contributed by atoms with Gasteiger partial charge >= 0.3 is 0 Å². The molecule has 3 aliphatic rings. The van der Waals surface area contributed by atoms with Crippen LogP contribution in [0.15, 0.2) is 4.99 Å². The SMILES string of the molecule is COC1CC(NC2=NC3CCCCC3CS2)C1. The topological polar surface area (TPSA) is 33.6 Å². The third-order valence-electron chi connectivity index (χ3n) is 4.34. The minimum Gasteiger partial charge on any atom is -0.381 e. The normalized spacial score (nSPS) is 41.1. The number of thioether (sulfide) groups is 1. The second-order valence-electron chi connectivity index (χ2n) is 5.53. The fourth-order valence-electron chi connectivity index (χ4n) is 3.06. The molecule has 17 heavy (non-hydrogen) atoms. The van der Waals surface area contributed by atoms with Gasteiger partial charge in [0.05, 0.1) is 12.1 Å². The van der Waals surface area contributed by atoms with Gasteiger partial charge in [0.15, 0.2) is 5.17 Å². The average Bonchev–Trinajstić information content (AvgIpc) is 2.33. The molecule has 3 rings (SSSR count).